The van der Waals surface area contributed by atoms with Gasteiger partial charge in [0.1, 0.15) is 10.8 Å². The van der Waals surface area contributed by atoms with E-state index in [4.69, 9.17) is 5.73 Å². The van der Waals surface area contributed by atoms with Gasteiger partial charge < -0.3 is 5.73 Å². The number of rotatable bonds is 5. The van der Waals surface area contributed by atoms with E-state index in [1.54, 1.807) is 13.8 Å². The second-order valence-corrected chi connectivity index (χ2v) is 9.70. The van der Waals surface area contributed by atoms with Gasteiger partial charge in [-0.2, -0.15) is 0 Å². The summed E-state index contributed by atoms with van der Waals surface area (Å²) in [6.45, 7) is 11.3. The summed E-state index contributed by atoms with van der Waals surface area (Å²) in [4.78, 5) is 5.49. The maximum atomic E-state index is 12.0. The molecule has 1 aromatic rings. The summed E-state index contributed by atoms with van der Waals surface area (Å²) in [5.74, 6) is 0.245. The van der Waals surface area contributed by atoms with Crippen LogP contribution in [0, 0.1) is 0 Å². The normalized spacial score (nSPS) is 13.5. The van der Waals surface area contributed by atoms with Crippen LogP contribution in [0.5, 0.6) is 0 Å². The lowest BCUT2D eigenvalue weighted by Gasteiger charge is -2.19. The molecule has 0 atom stereocenters. The third-order valence-electron chi connectivity index (χ3n) is 2.87. The highest BCUT2D eigenvalue weighted by atomic mass is 32.2. The van der Waals surface area contributed by atoms with Gasteiger partial charge in [0.25, 0.3) is 0 Å². The fourth-order valence-corrected chi connectivity index (χ4v) is 4.13. The lowest BCUT2D eigenvalue weighted by atomic mass is 9.98. The first-order chi connectivity index (χ1) is 8.45. The van der Waals surface area contributed by atoms with Crippen molar-refractivity contribution in [2.24, 2.45) is 5.73 Å². The quantitative estimate of drug-likeness (QED) is 0.908. The lowest BCUT2D eigenvalue weighted by Crippen LogP contribution is -2.28. The molecule has 1 heterocycles. The van der Waals surface area contributed by atoms with E-state index >= 15 is 0 Å². The highest BCUT2D eigenvalue weighted by Crippen LogP contribution is 2.33. The Morgan fingerprint density at radius 1 is 1.26 bits per heavy atom. The summed E-state index contributed by atoms with van der Waals surface area (Å²) in [6.07, 6.45) is 0. The molecule has 6 heteroatoms. The third kappa shape index (κ3) is 4.00. The van der Waals surface area contributed by atoms with Crippen LogP contribution in [0.15, 0.2) is 0 Å². The minimum atomic E-state index is -3.12. The van der Waals surface area contributed by atoms with Crippen molar-refractivity contribution in [3.05, 3.63) is 15.6 Å². The number of sulfone groups is 1. The fraction of sp³-hybridized carbons (Fsp3) is 0.769. The molecule has 0 fully saturated rings. The topological polar surface area (TPSA) is 73.0 Å². The fourth-order valence-electron chi connectivity index (χ4n) is 1.63. The number of aromatic nitrogens is 1. The smallest absolute Gasteiger partial charge is 0.159 e. The standard InChI is InChI=1S/C13H24N2O2S2/c1-8(2)11-12(13(5,6)14)18-10(15-11)7-19(16,17)9(3)4/h8-9H,7,14H2,1-6H3. The average molecular weight is 304 g/mol. The molecule has 0 spiro atoms. The lowest BCUT2D eigenvalue weighted by molar-refractivity contribution is 0.553. The highest BCUT2D eigenvalue weighted by molar-refractivity contribution is 7.91. The summed E-state index contributed by atoms with van der Waals surface area (Å²) >= 11 is 1.42. The summed E-state index contributed by atoms with van der Waals surface area (Å²) in [5, 5.41) is 0.263. The van der Waals surface area contributed by atoms with Crippen molar-refractivity contribution in [1.82, 2.24) is 4.98 Å². The van der Waals surface area contributed by atoms with E-state index in [0.717, 1.165) is 10.6 Å². The van der Waals surface area contributed by atoms with Crippen molar-refractivity contribution >= 4 is 21.2 Å². The van der Waals surface area contributed by atoms with Crippen LogP contribution in [0.4, 0.5) is 0 Å². The van der Waals surface area contributed by atoms with Gasteiger partial charge in [0.05, 0.1) is 10.9 Å². The first-order valence-corrected chi connectivity index (χ1v) is 8.99. The number of nitrogens with two attached hydrogens (primary N) is 1. The summed E-state index contributed by atoms with van der Waals surface area (Å²) in [7, 11) is -3.12. The van der Waals surface area contributed by atoms with Gasteiger partial charge in [0.2, 0.25) is 0 Å². The molecule has 0 radical (unpaired) electrons. The third-order valence-corrected chi connectivity index (χ3v) is 6.58. The molecule has 0 amide bonds. The minimum absolute atomic E-state index is 0.00509. The van der Waals surface area contributed by atoms with Crippen LogP contribution in [-0.4, -0.2) is 18.7 Å². The molecule has 19 heavy (non-hydrogen) atoms. The summed E-state index contributed by atoms with van der Waals surface area (Å²) < 4.78 is 24.0. The Balaban J connectivity index is 3.20. The van der Waals surface area contributed by atoms with Crippen molar-refractivity contribution in [2.45, 2.75) is 64.0 Å². The van der Waals surface area contributed by atoms with Crippen LogP contribution >= 0.6 is 11.3 Å². The van der Waals surface area contributed by atoms with Gasteiger partial charge in [-0.25, -0.2) is 13.4 Å². The zero-order chi connectivity index (χ0) is 15.0. The number of nitrogens with zero attached hydrogens (tertiary/aromatic N) is 1. The van der Waals surface area contributed by atoms with Gasteiger partial charge in [0, 0.05) is 10.4 Å². The molecule has 0 saturated carbocycles. The van der Waals surface area contributed by atoms with Crippen LogP contribution < -0.4 is 5.73 Å². The number of hydrogen-bond donors (Lipinski definition) is 1. The van der Waals surface area contributed by atoms with E-state index in [9.17, 15) is 8.42 Å². The van der Waals surface area contributed by atoms with E-state index in [1.165, 1.54) is 11.3 Å². The van der Waals surface area contributed by atoms with Crippen molar-refractivity contribution in [3.8, 4) is 0 Å². The first kappa shape index (κ1) is 16.6. The van der Waals surface area contributed by atoms with E-state index in [0.29, 0.717) is 5.01 Å². The van der Waals surface area contributed by atoms with Crippen molar-refractivity contribution in [1.29, 1.82) is 0 Å². The molecule has 0 bridgehead atoms. The van der Waals surface area contributed by atoms with Gasteiger partial charge >= 0.3 is 0 Å². The maximum absolute atomic E-state index is 12.0. The zero-order valence-electron chi connectivity index (χ0n) is 12.5. The molecule has 2 N–H and O–H groups in total. The monoisotopic (exact) mass is 304 g/mol. The van der Waals surface area contributed by atoms with Crippen molar-refractivity contribution < 1.29 is 8.42 Å². The Morgan fingerprint density at radius 3 is 2.11 bits per heavy atom. The Kier molecular flexibility index (Phi) is 4.80. The number of thiazole rings is 1. The molecule has 0 unspecified atom stereocenters. The van der Waals surface area contributed by atoms with E-state index < -0.39 is 15.4 Å². The molecule has 0 aromatic carbocycles. The first-order valence-electron chi connectivity index (χ1n) is 6.45. The summed E-state index contributed by atoms with van der Waals surface area (Å²) in [5.41, 5.74) is 6.59. The molecule has 110 valence electrons. The van der Waals surface area contributed by atoms with Crippen molar-refractivity contribution in [2.75, 3.05) is 0 Å². The molecule has 1 aromatic heterocycles. The average Bonchev–Trinajstić information content (AvgIpc) is 2.60. The molecule has 1 rings (SSSR count). The van der Waals surface area contributed by atoms with Crippen LogP contribution in [-0.2, 0) is 21.1 Å². The van der Waals surface area contributed by atoms with E-state index in [-0.39, 0.29) is 16.9 Å². The largest absolute Gasteiger partial charge is 0.321 e. The predicted molar refractivity (Wildman–Crippen MR) is 81.2 cm³/mol. The minimum Gasteiger partial charge on any atom is -0.321 e. The predicted octanol–water partition coefficient (Wildman–Crippen LogP) is 2.78. The van der Waals surface area contributed by atoms with Gasteiger partial charge in [-0.05, 0) is 33.6 Å². The Labute approximate surface area is 120 Å². The van der Waals surface area contributed by atoms with Gasteiger partial charge in [0.15, 0.2) is 9.84 Å². The second-order valence-electron chi connectivity index (χ2n) is 6.05. The van der Waals surface area contributed by atoms with E-state index in [1.807, 2.05) is 27.7 Å². The maximum Gasteiger partial charge on any atom is 0.159 e. The Hall–Kier alpha value is -0.460. The van der Waals surface area contributed by atoms with Gasteiger partial charge in [-0.1, -0.05) is 13.8 Å². The molecule has 0 aliphatic carbocycles. The van der Waals surface area contributed by atoms with Crippen LogP contribution in [0.1, 0.15) is 63.0 Å². The van der Waals surface area contributed by atoms with Crippen LogP contribution in [0.25, 0.3) is 0 Å². The molecule has 0 saturated heterocycles. The highest BCUT2D eigenvalue weighted by Gasteiger charge is 2.27. The van der Waals surface area contributed by atoms with Gasteiger partial charge in [-0.3, -0.25) is 0 Å². The second kappa shape index (κ2) is 5.50. The molecular formula is C13H24N2O2S2. The molecule has 0 aliphatic rings. The molecule has 0 aliphatic heterocycles. The van der Waals surface area contributed by atoms with Crippen LogP contribution in [0.3, 0.4) is 0 Å². The van der Waals surface area contributed by atoms with Gasteiger partial charge in [-0.15, -0.1) is 11.3 Å². The van der Waals surface area contributed by atoms with Crippen molar-refractivity contribution in [3.63, 3.8) is 0 Å². The zero-order valence-corrected chi connectivity index (χ0v) is 14.2. The SMILES string of the molecule is CC(C)c1nc(CS(=O)(=O)C(C)C)sc1C(C)(C)N. The van der Waals surface area contributed by atoms with E-state index in [2.05, 4.69) is 4.98 Å². The van der Waals surface area contributed by atoms with Crippen LogP contribution in [0.2, 0.25) is 0 Å². The summed E-state index contributed by atoms with van der Waals surface area (Å²) in [6, 6.07) is 0. The Morgan fingerprint density at radius 2 is 1.79 bits per heavy atom. The molecule has 4 nitrogen and oxygen atoms in total. The molecular weight excluding hydrogens is 280 g/mol. The number of hydrogen-bond acceptors (Lipinski definition) is 5. The Bertz CT molecular complexity index is 537.